The van der Waals surface area contributed by atoms with E-state index >= 15 is 0 Å². The number of nitrogens with one attached hydrogen (secondary N) is 1. The van der Waals surface area contributed by atoms with E-state index in [9.17, 15) is 9.59 Å². The maximum absolute atomic E-state index is 12.6. The van der Waals surface area contributed by atoms with Gasteiger partial charge in [-0.2, -0.15) is 0 Å². The van der Waals surface area contributed by atoms with Crippen molar-refractivity contribution in [1.29, 1.82) is 0 Å². The van der Waals surface area contributed by atoms with Crippen LogP contribution in [0.3, 0.4) is 0 Å². The molecule has 2 aromatic carbocycles. The minimum absolute atomic E-state index is 0.184. The van der Waals surface area contributed by atoms with Crippen LogP contribution in [-0.2, 0) is 4.79 Å². The summed E-state index contributed by atoms with van der Waals surface area (Å²) >= 11 is 0. The first-order valence-electron chi connectivity index (χ1n) is 12.0. The van der Waals surface area contributed by atoms with Crippen LogP contribution in [0.25, 0.3) is 0 Å². The SMILES string of the molecule is CCCCCCCC(=O)N1CCN(c2ccc(NC(=O)c3ccc4c(c3)OCO4)cc2)CC1. The smallest absolute Gasteiger partial charge is 0.255 e. The van der Waals surface area contributed by atoms with Crippen molar-refractivity contribution in [2.75, 3.05) is 43.2 Å². The minimum atomic E-state index is -0.192. The molecule has 0 bridgehead atoms. The Balaban J connectivity index is 1.23. The molecule has 7 heteroatoms. The number of fused-ring (bicyclic) bond motifs is 1. The predicted octanol–water partition coefficient (Wildman–Crippen LogP) is 4.68. The number of carbonyl (C=O) groups excluding carboxylic acids is 2. The number of benzene rings is 2. The van der Waals surface area contributed by atoms with Crippen LogP contribution in [-0.4, -0.2) is 49.7 Å². The third-order valence-electron chi connectivity index (χ3n) is 6.25. The molecule has 0 aliphatic carbocycles. The molecule has 0 spiro atoms. The Bertz CT molecular complexity index is 953. The molecule has 0 saturated carbocycles. The summed E-state index contributed by atoms with van der Waals surface area (Å²) in [5, 5.41) is 2.93. The van der Waals surface area contributed by atoms with Crippen molar-refractivity contribution in [2.24, 2.45) is 0 Å². The topological polar surface area (TPSA) is 71.1 Å². The molecule has 2 aliphatic heterocycles. The average molecular weight is 452 g/mol. The standard InChI is InChI=1S/C26H33N3O4/c1-2-3-4-5-6-7-25(30)29-16-14-28(15-17-29)22-11-9-21(10-12-22)27-26(31)20-8-13-23-24(18-20)33-19-32-23/h8-13,18H,2-7,14-17,19H2,1H3,(H,27,31). The van der Waals surface area contributed by atoms with E-state index in [4.69, 9.17) is 9.47 Å². The van der Waals surface area contributed by atoms with Gasteiger partial charge in [-0.3, -0.25) is 9.59 Å². The van der Waals surface area contributed by atoms with Gasteiger partial charge in [-0.05, 0) is 48.9 Å². The van der Waals surface area contributed by atoms with Gasteiger partial charge in [-0.1, -0.05) is 32.6 Å². The van der Waals surface area contributed by atoms with Crippen LogP contribution in [0.15, 0.2) is 42.5 Å². The second-order valence-corrected chi connectivity index (χ2v) is 8.60. The van der Waals surface area contributed by atoms with E-state index in [1.807, 2.05) is 29.2 Å². The molecule has 1 N–H and O–H groups in total. The van der Waals surface area contributed by atoms with E-state index in [0.717, 1.165) is 50.4 Å². The van der Waals surface area contributed by atoms with Gasteiger partial charge in [-0.25, -0.2) is 0 Å². The molecule has 176 valence electrons. The highest BCUT2D eigenvalue weighted by molar-refractivity contribution is 6.04. The summed E-state index contributed by atoms with van der Waals surface area (Å²) in [6, 6.07) is 13.0. The Morgan fingerprint density at radius 3 is 2.36 bits per heavy atom. The lowest BCUT2D eigenvalue weighted by atomic mass is 10.1. The monoisotopic (exact) mass is 451 g/mol. The van der Waals surface area contributed by atoms with Crippen LogP contribution in [0.1, 0.15) is 55.8 Å². The molecule has 0 atom stereocenters. The summed E-state index contributed by atoms with van der Waals surface area (Å²) in [5.74, 6) is 1.34. The highest BCUT2D eigenvalue weighted by atomic mass is 16.7. The van der Waals surface area contributed by atoms with Crippen molar-refractivity contribution in [3.8, 4) is 11.5 Å². The molecule has 1 saturated heterocycles. The largest absolute Gasteiger partial charge is 0.454 e. The van der Waals surface area contributed by atoms with Crippen LogP contribution in [0.4, 0.5) is 11.4 Å². The summed E-state index contributed by atoms with van der Waals surface area (Å²) in [6.07, 6.45) is 6.53. The maximum Gasteiger partial charge on any atom is 0.255 e. The number of carbonyl (C=O) groups is 2. The first kappa shape index (κ1) is 23.0. The number of piperazine rings is 1. The Hall–Kier alpha value is -3.22. The van der Waals surface area contributed by atoms with Gasteiger partial charge >= 0.3 is 0 Å². The molecule has 4 rings (SSSR count). The number of ether oxygens (including phenoxy) is 2. The maximum atomic E-state index is 12.6. The van der Waals surface area contributed by atoms with Crippen LogP contribution in [0.5, 0.6) is 11.5 Å². The first-order chi connectivity index (χ1) is 16.1. The van der Waals surface area contributed by atoms with Crippen molar-refractivity contribution in [2.45, 2.75) is 45.4 Å². The molecule has 2 aliphatic rings. The van der Waals surface area contributed by atoms with E-state index in [0.29, 0.717) is 23.5 Å². The lowest BCUT2D eigenvalue weighted by molar-refractivity contribution is -0.131. The van der Waals surface area contributed by atoms with Crippen LogP contribution >= 0.6 is 0 Å². The summed E-state index contributed by atoms with van der Waals surface area (Å²) in [5.41, 5.74) is 2.36. The van der Waals surface area contributed by atoms with Gasteiger partial charge in [0.25, 0.3) is 5.91 Å². The third kappa shape index (κ3) is 5.97. The van der Waals surface area contributed by atoms with Crippen molar-refractivity contribution >= 4 is 23.2 Å². The first-order valence-corrected chi connectivity index (χ1v) is 12.0. The zero-order valence-corrected chi connectivity index (χ0v) is 19.3. The van der Waals surface area contributed by atoms with Gasteiger partial charge in [0, 0.05) is 49.5 Å². The molecule has 1 fully saturated rings. The van der Waals surface area contributed by atoms with E-state index in [1.54, 1.807) is 18.2 Å². The molecule has 0 radical (unpaired) electrons. The Morgan fingerprint density at radius 2 is 1.61 bits per heavy atom. The Labute approximate surface area is 195 Å². The van der Waals surface area contributed by atoms with E-state index in [-0.39, 0.29) is 18.6 Å². The van der Waals surface area contributed by atoms with Crippen molar-refractivity contribution in [3.05, 3.63) is 48.0 Å². The number of unbranched alkanes of at least 4 members (excludes halogenated alkanes) is 4. The Morgan fingerprint density at radius 1 is 0.879 bits per heavy atom. The number of amides is 2. The molecule has 7 nitrogen and oxygen atoms in total. The molecular weight excluding hydrogens is 418 g/mol. The second-order valence-electron chi connectivity index (χ2n) is 8.60. The Kier molecular flexibility index (Phi) is 7.70. The summed E-state index contributed by atoms with van der Waals surface area (Å²) in [6.45, 7) is 5.56. The van der Waals surface area contributed by atoms with Crippen molar-refractivity contribution < 1.29 is 19.1 Å². The zero-order valence-electron chi connectivity index (χ0n) is 19.3. The molecular formula is C26H33N3O4. The van der Waals surface area contributed by atoms with Gasteiger partial charge in [-0.15, -0.1) is 0 Å². The molecule has 33 heavy (non-hydrogen) atoms. The molecule has 0 unspecified atom stereocenters. The number of nitrogens with zero attached hydrogens (tertiary/aromatic N) is 2. The normalized spacial score (nSPS) is 14.9. The third-order valence-corrected chi connectivity index (χ3v) is 6.25. The van der Waals surface area contributed by atoms with Gasteiger partial charge in [0.1, 0.15) is 0 Å². The van der Waals surface area contributed by atoms with E-state index in [2.05, 4.69) is 17.1 Å². The number of hydrogen-bond acceptors (Lipinski definition) is 5. The average Bonchev–Trinajstić information content (AvgIpc) is 3.32. The van der Waals surface area contributed by atoms with Gasteiger partial charge in [0.05, 0.1) is 0 Å². The molecule has 2 amide bonds. The molecule has 0 aromatic heterocycles. The van der Waals surface area contributed by atoms with Crippen LogP contribution < -0.4 is 19.7 Å². The highest BCUT2D eigenvalue weighted by Gasteiger charge is 2.21. The fraction of sp³-hybridized carbons (Fsp3) is 0.462. The van der Waals surface area contributed by atoms with Crippen LogP contribution in [0, 0.1) is 0 Å². The highest BCUT2D eigenvalue weighted by Crippen LogP contribution is 2.32. The predicted molar refractivity (Wildman–Crippen MR) is 129 cm³/mol. The number of hydrogen-bond donors (Lipinski definition) is 1. The zero-order chi connectivity index (χ0) is 23.0. The lowest BCUT2D eigenvalue weighted by Crippen LogP contribution is -2.48. The fourth-order valence-corrected chi connectivity index (χ4v) is 4.25. The van der Waals surface area contributed by atoms with Gasteiger partial charge < -0.3 is 24.6 Å². The fourth-order valence-electron chi connectivity index (χ4n) is 4.25. The number of anilines is 2. The summed E-state index contributed by atoms with van der Waals surface area (Å²) in [7, 11) is 0. The van der Waals surface area contributed by atoms with E-state index in [1.165, 1.54) is 19.3 Å². The summed E-state index contributed by atoms with van der Waals surface area (Å²) < 4.78 is 10.6. The van der Waals surface area contributed by atoms with Gasteiger partial charge in [0.2, 0.25) is 12.7 Å². The second kappa shape index (κ2) is 11.1. The number of rotatable bonds is 9. The molecule has 2 heterocycles. The molecule has 2 aromatic rings. The lowest BCUT2D eigenvalue weighted by Gasteiger charge is -2.36. The van der Waals surface area contributed by atoms with Gasteiger partial charge in [0.15, 0.2) is 11.5 Å². The summed E-state index contributed by atoms with van der Waals surface area (Å²) in [4.78, 5) is 29.3. The van der Waals surface area contributed by atoms with E-state index < -0.39 is 0 Å². The minimum Gasteiger partial charge on any atom is -0.454 e. The van der Waals surface area contributed by atoms with Crippen molar-refractivity contribution in [3.63, 3.8) is 0 Å². The van der Waals surface area contributed by atoms with Crippen molar-refractivity contribution in [1.82, 2.24) is 4.90 Å². The quantitative estimate of drug-likeness (QED) is 0.561. The van der Waals surface area contributed by atoms with Crippen LogP contribution in [0.2, 0.25) is 0 Å².